The molecule has 6 heteroatoms. The van der Waals surface area contributed by atoms with Crippen molar-refractivity contribution in [1.29, 1.82) is 0 Å². The molecule has 1 aliphatic rings. The van der Waals surface area contributed by atoms with Crippen molar-refractivity contribution >= 4 is 6.21 Å². The van der Waals surface area contributed by atoms with Crippen molar-refractivity contribution in [2.75, 3.05) is 20.3 Å². The van der Waals surface area contributed by atoms with Crippen molar-refractivity contribution in [3.05, 3.63) is 60.3 Å². The molecule has 4 rings (SSSR count). The topological polar surface area (TPSA) is 60.7 Å². The first-order chi connectivity index (χ1) is 12.3. The van der Waals surface area contributed by atoms with E-state index in [9.17, 15) is 0 Å². The average Bonchev–Trinajstić information content (AvgIpc) is 3.11. The Morgan fingerprint density at radius 2 is 1.88 bits per heavy atom. The van der Waals surface area contributed by atoms with Crippen LogP contribution in [0.5, 0.6) is 11.5 Å². The lowest BCUT2D eigenvalue weighted by molar-refractivity contribution is 0.171. The van der Waals surface area contributed by atoms with E-state index in [1.807, 2.05) is 59.4 Å². The maximum Gasteiger partial charge on any atom is 0.162 e. The first-order valence-electron chi connectivity index (χ1n) is 8.10. The molecule has 25 heavy (non-hydrogen) atoms. The highest BCUT2D eigenvalue weighted by atomic mass is 16.6. The van der Waals surface area contributed by atoms with E-state index in [0.29, 0.717) is 13.2 Å². The van der Waals surface area contributed by atoms with Crippen LogP contribution in [0.25, 0.3) is 16.9 Å². The summed E-state index contributed by atoms with van der Waals surface area (Å²) in [5, 5.41) is 8.89. The second-order valence-corrected chi connectivity index (χ2v) is 5.55. The van der Waals surface area contributed by atoms with Crippen LogP contribution in [0.2, 0.25) is 0 Å². The normalized spacial score (nSPS) is 13.2. The number of benzene rings is 2. The molecule has 1 N–H and O–H groups in total. The van der Waals surface area contributed by atoms with Crippen LogP contribution in [0.1, 0.15) is 5.56 Å². The fraction of sp³-hybridized carbons (Fsp3) is 0.158. The third kappa shape index (κ3) is 3.06. The Hall–Kier alpha value is -3.28. The molecule has 3 aromatic rings. The molecule has 0 unspecified atom stereocenters. The quantitative estimate of drug-likeness (QED) is 0.589. The van der Waals surface area contributed by atoms with E-state index in [1.165, 1.54) is 0 Å². The minimum atomic E-state index is 0.559. The predicted molar refractivity (Wildman–Crippen MR) is 96.6 cm³/mol. The molecule has 2 heterocycles. The number of hydrazone groups is 1. The molecule has 0 spiro atoms. The summed E-state index contributed by atoms with van der Waals surface area (Å²) in [7, 11) is 1.77. The lowest BCUT2D eigenvalue weighted by Gasteiger charge is -2.18. The van der Waals surface area contributed by atoms with Gasteiger partial charge >= 0.3 is 0 Å². The van der Waals surface area contributed by atoms with Crippen molar-refractivity contribution in [1.82, 2.24) is 15.2 Å². The minimum absolute atomic E-state index is 0.559. The SMILES string of the molecule is CNN=Cc1cn(-c2ccccc2)nc1-c1ccc2c(c1)OCCO2. The molecule has 0 saturated carbocycles. The van der Waals surface area contributed by atoms with Crippen LogP contribution in [0, 0.1) is 0 Å². The zero-order chi connectivity index (χ0) is 17.1. The van der Waals surface area contributed by atoms with E-state index in [4.69, 9.17) is 14.6 Å². The molecule has 0 fully saturated rings. The zero-order valence-electron chi connectivity index (χ0n) is 13.8. The molecule has 1 aromatic heterocycles. The van der Waals surface area contributed by atoms with Crippen molar-refractivity contribution in [2.45, 2.75) is 0 Å². The van der Waals surface area contributed by atoms with Gasteiger partial charge in [0.2, 0.25) is 0 Å². The fourth-order valence-electron chi connectivity index (χ4n) is 2.74. The van der Waals surface area contributed by atoms with E-state index >= 15 is 0 Å². The monoisotopic (exact) mass is 334 g/mol. The van der Waals surface area contributed by atoms with Crippen molar-refractivity contribution < 1.29 is 9.47 Å². The summed E-state index contributed by atoms with van der Waals surface area (Å²) in [5.74, 6) is 1.51. The molecule has 2 aromatic carbocycles. The molecule has 126 valence electrons. The van der Waals surface area contributed by atoms with E-state index in [2.05, 4.69) is 10.5 Å². The number of hydrogen-bond donors (Lipinski definition) is 1. The molecule has 0 atom stereocenters. The summed E-state index contributed by atoms with van der Waals surface area (Å²) < 4.78 is 13.1. The summed E-state index contributed by atoms with van der Waals surface area (Å²) in [5.41, 5.74) is 6.47. The van der Waals surface area contributed by atoms with Crippen LogP contribution in [0.4, 0.5) is 0 Å². The Morgan fingerprint density at radius 3 is 2.68 bits per heavy atom. The maximum absolute atomic E-state index is 5.69. The number of hydrogen-bond acceptors (Lipinski definition) is 5. The van der Waals surface area contributed by atoms with Gasteiger partial charge in [0.05, 0.1) is 11.9 Å². The highest BCUT2D eigenvalue weighted by molar-refractivity contribution is 5.89. The van der Waals surface area contributed by atoms with E-state index in [0.717, 1.165) is 34.0 Å². The number of aromatic nitrogens is 2. The smallest absolute Gasteiger partial charge is 0.162 e. The molecule has 1 aliphatic heterocycles. The van der Waals surface area contributed by atoms with Crippen molar-refractivity contribution in [3.8, 4) is 28.4 Å². The predicted octanol–water partition coefficient (Wildman–Crippen LogP) is 2.86. The van der Waals surface area contributed by atoms with E-state index < -0.39 is 0 Å². The number of fused-ring (bicyclic) bond motifs is 1. The van der Waals surface area contributed by atoms with Crippen LogP contribution >= 0.6 is 0 Å². The van der Waals surface area contributed by atoms with Gasteiger partial charge in [-0.3, -0.25) is 0 Å². The Bertz CT molecular complexity index is 903. The molecule has 0 amide bonds. The summed E-state index contributed by atoms with van der Waals surface area (Å²) in [4.78, 5) is 0. The second-order valence-electron chi connectivity index (χ2n) is 5.55. The highest BCUT2D eigenvalue weighted by Gasteiger charge is 2.16. The van der Waals surface area contributed by atoms with Gasteiger partial charge in [-0.05, 0) is 30.3 Å². The molecule has 0 radical (unpaired) electrons. The lowest BCUT2D eigenvalue weighted by Crippen LogP contribution is -2.15. The summed E-state index contributed by atoms with van der Waals surface area (Å²) >= 11 is 0. The van der Waals surface area contributed by atoms with Gasteiger partial charge in [-0.2, -0.15) is 10.2 Å². The molecule has 0 saturated heterocycles. The van der Waals surface area contributed by atoms with Crippen LogP contribution < -0.4 is 14.9 Å². The molecular weight excluding hydrogens is 316 g/mol. The van der Waals surface area contributed by atoms with Gasteiger partial charge in [0, 0.05) is 24.4 Å². The number of nitrogens with one attached hydrogen (secondary N) is 1. The molecule has 0 bridgehead atoms. The summed E-state index contributed by atoms with van der Waals surface area (Å²) in [6.45, 7) is 1.14. The summed E-state index contributed by atoms with van der Waals surface area (Å²) in [6, 6.07) is 15.9. The minimum Gasteiger partial charge on any atom is -0.486 e. The maximum atomic E-state index is 5.69. The molecule has 0 aliphatic carbocycles. The first kappa shape index (κ1) is 15.3. The van der Waals surface area contributed by atoms with Crippen LogP contribution in [-0.4, -0.2) is 36.3 Å². The summed E-state index contributed by atoms with van der Waals surface area (Å²) in [6.07, 6.45) is 3.72. The lowest BCUT2D eigenvalue weighted by atomic mass is 10.1. The number of rotatable bonds is 4. The van der Waals surface area contributed by atoms with Gasteiger partial charge in [0.15, 0.2) is 11.5 Å². The first-order valence-corrected chi connectivity index (χ1v) is 8.10. The molecular formula is C19H18N4O2. The van der Waals surface area contributed by atoms with Crippen LogP contribution in [-0.2, 0) is 0 Å². The van der Waals surface area contributed by atoms with Gasteiger partial charge in [0.1, 0.15) is 18.9 Å². The number of nitrogens with zero attached hydrogens (tertiary/aromatic N) is 3. The van der Waals surface area contributed by atoms with Crippen LogP contribution in [0.3, 0.4) is 0 Å². The van der Waals surface area contributed by atoms with E-state index in [1.54, 1.807) is 13.3 Å². The highest BCUT2D eigenvalue weighted by Crippen LogP contribution is 2.35. The average molecular weight is 334 g/mol. The van der Waals surface area contributed by atoms with Gasteiger partial charge < -0.3 is 14.9 Å². The largest absolute Gasteiger partial charge is 0.486 e. The zero-order valence-corrected chi connectivity index (χ0v) is 13.8. The van der Waals surface area contributed by atoms with Gasteiger partial charge in [-0.25, -0.2) is 4.68 Å². The Labute approximate surface area is 145 Å². The fourth-order valence-corrected chi connectivity index (χ4v) is 2.74. The third-order valence-corrected chi connectivity index (χ3v) is 3.91. The van der Waals surface area contributed by atoms with Gasteiger partial charge in [-0.15, -0.1) is 0 Å². The standard InChI is InChI=1S/C19H18N4O2/c1-20-21-12-15-13-23(16-5-3-2-4-6-16)22-19(15)14-7-8-17-18(11-14)25-10-9-24-17/h2-8,11-13,20H,9-10H2,1H3. The van der Waals surface area contributed by atoms with Crippen LogP contribution in [0.15, 0.2) is 59.8 Å². The van der Waals surface area contributed by atoms with Gasteiger partial charge in [0.25, 0.3) is 0 Å². The Kier molecular flexibility index (Phi) is 4.08. The van der Waals surface area contributed by atoms with Gasteiger partial charge in [-0.1, -0.05) is 18.2 Å². The third-order valence-electron chi connectivity index (χ3n) is 3.91. The number of para-hydroxylation sites is 1. The number of ether oxygens (including phenoxy) is 2. The van der Waals surface area contributed by atoms with E-state index in [-0.39, 0.29) is 0 Å². The second kappa shape index (κ2) is 6.68. The Morgan fingerprint density at radius 1 is 1.08 bits per heavy atom. The Balaban J connectivity index is 1.80. The molecule has 6 nitrogen and oxygen atoms in total. The van der Waals surface area contributed by atoms with Crippen molar-refractivity contribution in [3.63, 3.8) is 0 Å². The van der Waals surface area contributed by atoms with Crippen molar-refractivity contribution in [2.24, 2.45) is 5.10 Å².